The summed E-state index contributed by atoms with van der Waals surface area (Å²) in [5, 5.41) is 0. The highest BCUT2D eigenvalue weighted by atomic mass is 32.1. The first-order valence-electron chi connectivity index (χ1n) is 5.89. The van der Waals surface area contributed by atoms with E-state index in [1.165, 1.54) is 31.7 Å². The smallest absolute Gasteiger partial charge is 0.137 e. The van der Waals surface area contributed by atoms with Gasteiger partial charge in [0, 0.05) is 0 Å². The molecule has 2 N–H and O–H groups in total. The van der Waals surface area contributed by atoms with E-state index in [1.807, 2.05) is 0 Å². The molecule has 17 heavy (non-hydrogen) atoms. The molecule has 0 radical (unpaired) electrons. The number of ether oxygens (including phenoxy) is 1. The van der Waals surface area contributed by atoms with Crippen molar-refractivity contribution in [2.45, 2.75) is 25.7 Å². The van der Waals surface area contributed by atoms with E-state index in [0.717, 1.165) is 0 Å². The Labute approximate surface area is 106 Å². The minimum atomic E-state index is -0.415. The Balaban J connectivity index is 2.09. The van der Waals surface area contributed by atoms with Crippen molar-refractivity contribution in [2.24, 2.45) is 11.7 Å². The molecule has 0 spiro atoms. The number of rotatable bonds is 4. The van der Waals surface area contributed by atoms with Crippen LogP contribution in [-0.4, -0.2) is 11.6 Å². The third-order valence-corrected chi connectivity index (χ3v) is 3.38. The van der Waals surface area contributed by atoms with E-state index in [2.05, 4.69) is 0 Å². The topological polar surface area (TPSA) is 35.2 Å². The Morgan fingerprint density at radius 2 is 2.12 bits per heavy atom. The molecule has 4 heteroatoms. The standard InChI is InChI=1S/C13H16FNOS/c14-10-6-3-7-11(12(10)13(15)17)16-8-9-4-1-2-5-9/h3,6-7,9H,1-2,4-5,8H2,(H2,15,17). The van der Waals surface area contributed by atoms with Gasteiger partial charge in [-0.15, -0.1) is 0 Å². The SMILES string of the molecule is NC(=S)c1c(F)cccc1OCC1CCCC1. The molecule has 1 aromatic rings. The van der Waals surface area contributed by atoms with Gasteiger partial charge in [0.05, 0.1) is 12.2 Å². The molecular weight excluding hydrogens is 237 g/mol. The average molecular weight is 253 g/mol. The lowest BCUT2D eigenvalue weighted by molar-refractivity contribution is 0.251. The molecule has 1 aliphatic rings. The normalized spacial score (nSPS) is 16.1. The number of hydrogen-bond acceptors (Lipinski definition) is 2. The summed E-state index contributed by atoms with van der Waals surface area (Å²) in [7, 11) is 0. The molecule has 1 aliphatic carbocycles. The van der Waals surface area contributed by atoms with Crippen molar-refractivity contribution in [1.82, 2.24) is 0 Å². The third kappa shape index (κ3) is 2.94. The van der Waals surface area contributed by atoms with Crippen LogP contribution in [0.2, 0.25) is 0 Å². The van der Waals surface area contributed by atoms with Crippen molar-refractivity contribution < 1.29 is 9.13 Å². The minimum Gasteiger partial charge on any atom is -0.492 e. The lowest BCUT2D eigenvalue weighted by atomic mass is 10.1. The molecule has 2 nitrogen and oxygen atoms in total. The fourth-order valence-corrected chi connectivity index (χ4v) is 2.45. The third-order valence-electron chi connectivity index (χ3n) is 3.17. The second-order valence-corrected chi connectivity index (χ2v) is 4.88. The molecule has 1 aromatic carbocycles. The maximum absolute atomic E-state index is 13.6. The summed E-state index contributed by atoms with van der Waals surface area (Å²) in [4.78, 5) is 0.0459. The second kappa shape index (κ2) is 5.45. The number of halogens is 1. The summed E-state index contributed by atoms with van der Waals surface area (Å²) < 4.78 is 19.2. The zero-order valence-corrected chi connectivity index (χ0v) is 10.4. The van der Waals surface area contributed by atoms with Crippen LogP contribution in [0.5, 0.6) is 5.75 Å². The monoisotopic (exact) mass is 253 g/mol. The minimum absolute atomic E-state index is 0.0459. The van der Waals surface area contributed by atoms with Crippen molar-refractivity contribution in [1.29, 1.82) is 0 Å². The predicted octanol–water partition coefficient (Wildman–Crippen LogP) is 3.03. The van der Waals surface area contributed by atoms with Crippen LogP contribution in [-0.2, 0) is 0 Å². The molecule has 1 saturated carbocycles. The van der Waals surface area contributed by atoms with Crippen LogP contribution in [0.15, 0.2) is 18.2 Å². The molecule has 0 aliphatic heterocycles. The van der Waals surface area contributed by atoms with Crippen molar-refractivity contribution in [3.05, 3.63) is 29.6 Å². The van der Waals surface area contributed by atoms with E-state index in [-0.39, 0.29) is 10.6 Å². The summed E-state index contributed by atoms with van der Waals surface area (Å²) >= 11 is 4.84. The molecule has 0 bridgehead atoms. The van der Waals surface area contributed by atoms with Crippen LogP contribution in [0.1, 0.15) is 31.2 Å². The van der Waals surface area contributed by atoms with Crippen molar-refractivity contribution in [2.75, 3.05) is 6.61 Å². The van der Waals surface area contributed by atoms with Gasteiger partial charge in [0.2, 0.25) is 0 Å². The maximum Gasteiger partial charge on any atom is 0.137 e. The number of hydrogen-bond donors (Lipinski definition) is 1. The van der Waals surface area contributed by atoms with E-state index >= 15 is 0 Å². The van der Waals surface area contributed by atoms with E-state index in [0.29, 0.717) is 18.3 Å². The van der Waals surface area contributed by atoms with Gasteiger partial charge in [-0.2, -0.15) is 0 Å². The lowest BCUT2D eigenvalue weighted by Gasteiger charge is -2.14. The molecule has 0 atom stereocenters. The van der Waals surface area contributed by atoms with Crippen LogP contribution < -0.4 is 10.5 Å². The van der Waals surface area contributed by atoms with Gasteiger partial charge in [-0.3, -0.25) is 0 Å². The Hall–Kier alpha value is -1.16. The zero-order valence-electron chi connectivity index (χ0n) is 9.62. The van der Waals surface area contributed by atoms with E-state index < -0.39 is 5.82 Å². The molecule has 1 fully saturated rings. The Bertz CT molecular complexity index is 416. The summed E-state index contributed by atoms with van der Waals surface area (Å²) in [6.45, 7) is 0.624. The number of thiocarbonyl (C=S) groups is 1. The molecule has 0 amide bonds. The van der Waals surface area contributed by atoms with E-state index in [9.17, 15) is 4.39 Å². The maximum atomic E-state index is 13.6. The van der Waals surface area contributed by atoms with Gasteiger partial charge in [0.15, 0.2) is 0 Å². The van der Waals surface area contributed by atoms with Crippen LogP contribution in [0, 0.1) is 11.7 Å². The molecule has 92 valence electrons. The molecule has 0 saturated heterocycles. The molecule has 0 unspecified atom stereocenters. The first kappa shape index (κ1) is 12.3. The Kier molecular flexibility index (Phi) is 3.94. The first-order chi connectivity index (χ1) is 8.18. The summed E-state index contributed by atoms with van der Waals surface area (Å²) in [6, 6.07) is 4.67. The van der Waals surface area contributed by atoms with Gasteiger partial charge < -0.3 is 10.5 Å². The highest BCUT2D eigenvalue weighted by molar-refractivity contribution is 7.80. The molecule has 0 aromatic heterocycles. The van der Waals surface area contributed by atoms with E-state index in [4.69, 9.17) is 22.7 Å². The van der Waals surface area contributed by atoms with E-state index in [1.54, 1.807) is 12.1 Å². The fourth-order valence-electron chi connectivity index (χ4n) is 2.25. The fraction of sp³-hybridized carbons (Fsp3) is 0.462. The van der Waals surface area contributed by atoms with Crippen LogP contribution in [0.25, 0.3) is 0 Å². The van der Waals surface area contributed by atoms with Gasteiger partial charge in [-0.05, 0) is 30.9 Å². The molecule has 0 heterocycles. The van der Waals surface area contributed by atoms with Gasteiger partial charge >= 0.3 is 0 Å². The van der Waals surface area contributed by atoms with Crippen LogP contribution in [0.4, 0.5) is 4.39 Å². The van der Waals surface area contributed by atoms with Gasteiger partial charge in [0.25, 0.3) is 0 Å². The first-order valence-corrected chi connectivity index (χ1v) is 6.30. The highest BCUT2D eigenvalue weighted by Gasteiger charge is 2.17. The van der Waals surface area contributed by atoms with Crippen LogP contribution in [0.3, 0.4) is 0 Å². The number of benzene rings is 1. The van der Waals surface area contributed by atoms with Crippen molar-refractivity contribution >= 4 is 17.2 Å². The second-order valence-electron chi connectivity index (χ2n) is 4.44. The summed E-state index contributed by atoms with van der Waals surface area (Å²) in [5.74, 6) is 0.628. The molecule has 2 rings (SSSR count). The highest BCUT2D eigenvalue weighted by Crippen LogP contribution is 2.27. The Morgan fingerprint density at radius 3 is 2.76 bits per heavy atom. The van der Waals surface area contributed by atoms with Gasteiger partial charge in [0.1, 0.15) is 16.6 Å². The van der Waals surface area contributed by atoms with Crippen LogP contribution >= 0.6 is 12.2 Å². The van der Waals surface area contributed by atoms with Gasteiger partial charge in [-0.25, -0.2) is 4.39 Å². The summed E-state index contributed by atoms with van der Waals surface area (Å²) in [6.07, 6.45) is 4.91. The lowest BCUT2D eigenvalue weighted by Crippen LogP contribution is -2.16. The number of nitrogens with two attached hydrogens (primary N) is 1. The zero-order chi connectivity index (χ0) is 12.3. The molecular formula is C13H16FNOS. The predicted molar refractivity (Wildman–Crippen MR) is 69.7 cm³/mol. The average Bonchev–Trinajstić information content (AvgIpc) is 2.78. The van der Waals surface area contributed by atoms with Gasteiger partial charge in [-0.1, -0.05) is 31.1 Å². The Morgan fingerprint density at radius 1 is 1.41 bits per heavy atom. The van der Waals surface area contributed by atoms with Crippen molar-refractivity contribution in [3.63, 3.8) is 0 Å². The van der Waals surface area contributed by atoms with Crippen molar-refractivity contribution in [3.8, 4) is 5.75 Å². The summed E-state index contributed by atoms with van der Waals surface area (Å²) in [5.41, 5.74) is 5.73. The largest absolute Gasteiger partial charge is 0.492 e. The quantitative estimate of drug-likeness (QED) is 0.838.